The van der Waals surface area contributed by atoms with Gasteiger partial charge in [0.2, 0.25) is 0 Å². The smallest absolute Gasteiger partial charge is 0.253 e. The molecule has 19 heavy (non-hydrogen) atoms. The molecule has 2 aromatic rings. The maximum Gasteiger partial charge on any atom is 0.253 e. The van der Waals surface area contributed by atoms with Crippen LogP contribution < -0.4 is 11.1 Å². The van der Waals surface area contributed by atoms with Crippen LogP contribution in [0.2, 0.25) is 5.02 Å². The molecule has 0 aliphatic carbocycles. The summed E-state index contributed by atoms with van der Waals surface area (Å²) in [4.78, 5) is 12.2. The van der Waals surface area contributed by atoms with E-state index in [2.05, 4.69) is 5.32 Å². The minimum atomic E-state index is -0.228. The van der Waals surface area contributed by atoms with Gasteiger partial charge in [0, 0.05) is 5.69 Å². The fraction of sp³-hybridized carbons (Fsp3) is 0.133. The monoisotopic (exact) mass is 274 g/mol. The minimum Gasteiger partial charge on any atom is -0.399 e. The minimum absolute atomic E-state index is 0.0915. The second-order valence-corrected chi connectivity index (χ2v) is 4.75. The molecule has 4 heteroatoms. The molecule has 2 aromatic carbocycles. The Balaban J connectivity index is 2.15. The molecule has 0 aliphatic heterocycles. The van der Waals surface area contributed by atoms with Crippen molar-refractivity contribution >= 4 is 23.2 Å². The molecule has 1 atom stereocenters. The van der Waals surface area contributed by atoms with Crippen molar-refractivity contribution in [3.05, 3.63) is 64.7 Å². The first kappa shape index (κ1) is 13.4. The van der Waals surface area contributed by atoms with E-state index in [0.717, 1.165) is 5.56 Å². The number of amides is 1. The molecule has 0 bridgehead atoms. The highest BCUT2D eigenvalue weighted by molar-refractivity contribution is 6.34. The molecule has 1 amide bonds. The Labute approximate surface area is 117 Å². The Morgan fingerprint density at radius 2 is 1.89 bits per heavy atom. The topological polar surface area (TPSA) is 55.1 Å². The lowest BCUT2D eigenvalue weighted by Crippen LogP contribution is -2.26. The van der Waals surface area contributed by atoms with Gasteiger partial charge < -0.3 is 11.1 Å². The van der Waals surface area contributed by atoms with E-state index >= 15 is 0 Å². The number of hydrogen-bond acceptors (Lipinski definition) is 2. The lowest BCUT2D eigenvalue weighted by molar-refractivity contribution is 0.0940. The predicted octanol–water partition coefficient (Wildman–Crippen LogP) is 3.41. The van der Waals surface area contributed by atoms with Crippen molar-refractivity contribution in [1.29, 1.82) is 0 Å². The van der Waals surface area contributed by atoms with E-state index in [9.17, 15) is 4.79 Å². The van der Waals surface area contributed by atoms with Crippen LogP contribution in [-0.4, -0.2) is 5.91 Å². The molecular weight excluding hydrogens is 260 g/mol. The van der Waals surface area contributed by atoms with E-state index in [-0.39, 0.29) is 11.9 Å². The van der Waals surface area contributed by atoms with Crippen LogP contribution in [0.5, 0.6) is 0 Å². The van der Waals surface area contributed by atoms with Crippen molar-refractivity contribution in [1.82, 2.24) is 5.32 Å². The van der Waals surface area contributed by atoms with Gasteiger partial charge in [0.15, 0.2) is 0 Å². The van der Waals surface area contributed by atoms with Crippen molar-refractivity contribution < 1.29 is 4.79 Å². The van der Waals surface area contributed by atoms with Gasteiger partial charge in [-0.25, -0.2) is 0 Å². The summed E-state index contributed by atoms with van der Waals surface area (Å²) in [5, 5.41) is 3.30. The van der Waals surface area contributed by atoms with Crippen molar-refractivity contribution in [2.45, 2.75) is 13.0 Å². The van der Waals surface area contributed by atoms with Gasteiger partial charge in [0.25, 0.3) is 5.91 Å². The van der Waals surface area contributed by atoms with Gasteiger partial charge >= 0.3 is 0 Å². The molecule has 3 nitrogen and oxygen atoms in total. The number of carbonyl (C=O) groups excluding carboxylic acids is 1. The van der Waals surface area contributed by atoms with Gasteiger partial charge in [0.05, 0.1) is 16.6 Å². The number of nitrogens with one attached hydrogen (secondary N) is 1. The van der Waals surface area contributed by atoms with Gasteiger partial charge in [-0.2, -0.15) is 0 Å². The molecule has 0 heterocycles. The predicted molar refractivity (Wildman–Crippen MR) is 78.2 cm³/mol. The number of nitrogen functional groups attached to an aromatic ring is 1. The molecule has 3 N–H and O–H groups in total. The van der Waals surface area contributed by atoms with Crippen molar-refractivity contribution in [2.75, 3.05) is 5.73 Å². The van der Waals surface area contributed by atoms with Crippen LogP contribution in [0.1, 0.15) is 28.9 Å². The van der Waals surface area contributed by atoms with Gasteiger partial charge in [-0.3, -0.25) is 4.79 Å². The number of anilines is 1. The maximum atomic E-state index is 12.2. The Kier molecular flexibility index (Phi) is 4.07. The van der Waals surface area contributed by atoms with E-state index in [1.807, 2.05) is 37.3 Å². The van der Waals surface area contributed by atoms with Crippen molar-refractivity contribution in [3.8, 4) is 0 Å². The maximum absolute atomic E-state index is 12.2. The fourth-order valence-corrected chi connectivity index (χ4v) is 2.02. The Morgan fingerprint density at radius 3 is 2.58 bits per heavy atom. The summed E-state index contributed by atoms with van der Waals surface area (Å²) in [5.74, 6) is -0.228. The number of halogens is 1. The lowest BCUT2D eigenvalue weighted by Gasteiger charge is -2.15. The molecule has 0 saturated heterocycles. The van der Waals surface area contributed by atoms with Crippen LogP contribution in [0.3, 0.4) is 0 Å². The SMILES string of the molecule is C[C@@H](NC(=O)c1cc(N)ccc1Cl)c1ccccc1. The summed E-state index contributed by atoms with van der Waals surface area (Å²) in [7, 11) is 0. The van der Waals surface area contributed by atoms with Gasteiger partial charge in [-0.1, -0.05) is 41.9 Å². The van der Waals surface area contributed by atoms with E-state index < -0.39 is 0 Å². The number of carbonyl (C=O) groups is 1. The average molecular weight is 275 g/mol. The summed E-state index contributed by atoms with van der Waals surface area (Å²) in [5.41, 5.74) is 7.62. The largest absolute Gasteiger partial charge is 0.399 e. The summed E-state index contributed by atoms with van der Waals surface area (Å²) < 4.78 is 0. The molecule has 0 radical (unpaired) electrons. The third-order valence-corrected chi connectivity index (χ3v) is 3.21. The summed E-state index contributed by atoms with van der Waals surface area (Å²) in [6, 6.07) is 14.5. The highest BCUT2D eigenvalue weighted by Crippen LogP contribution is 2.20. The molecule has 0 saturated carbocycles. The highest BCUT2D eigenvalue weighted by atomic mass is 35.5. The van der Waals surface area contributed by atoms with E-state index in [1.54, 1.807) is 18.2 Å². The lowest BCUT2D eigenvalue weighted by atomic mass is 10.1. The molecule has 0 aliphatic rings. The van der Waals surface area contributed by atoms with E-state index in [4.69, 9.17) is 17.3 Å². The van der Waals surface area contributed by atoms with Crippen LogP contribution in [0.4, 0.5) is 5.69 Å². The van der Waals surface area contributed by atoms with Crippen LogP contribution in [0, 0.1) is 0 Å². The van der Waals surface area contributed by atoms with Gasteiger partial charge in [-0.05, 0) is 30.7 Å². The van der Waals surface area contributed by atoms with Gasteiger partial charge in [-0.15, -0.1) is 0 Å². The second kappa shape index (κ2) is 5.76. The third-order valence-electron chi connectivity index (χ3n) is 2.88. The normalized spacial score (nSPS) is 11.9. The molecule has 0 unspecified atom stereocenters. The molecular formula is C15H15ClN2O. The summed E-state index contributed by atoms with van der Waals surface area (Å²) in [6.07, 6.45) is 0. The molecule has 0 aromatic heterocycles. The van der Waals surface area contributed by atoms with Crippen molar-refractivity contribution in [3.63, 3.8) is 0 Å². The first-order valence-corrected chi connectivity index (χ1v) is 6.36. The molecule has 0 spiro atoms. The number of rotatable bonds is 3. The number of benzene rings is 2. The van der Waals surface area contributed by atoms with Crippen LogP contribution in [-0.2, 0) is 0 Å². The highest BCUT2D eigenvalue weighted by Gasteiger charge is 2.14. The quantitative estimate of drug-likeness (QED) is 0.843. The first-order valence-electron chi connectivity index (χ1n) is 5.99. The zero-order valence-electron chi connectivity index (χ0n) is 10.6. The number of hydrogen-bond donors (Lipinski definition) is 2. The van der Waals surface area contributed by atoms with Crippen LogP contribution in [0.25, 0.3) is 0 Å². The third kappa shape index (κ3) is 3.26. The molecule has 98 valence electrons. The molecule has 0 fully saturated rings. The standard InChI is InChI=1S/C15H15ClN2O/c1-10(11-5-3-2-4-6-11)18-15(19)13-9-12(17)7-8-14(13)16/h2-10H,17H2,1H3,(H,18,19)/t10-/m1/s1. The van der Waals surface area contributed by atoms with Gasteiger partial charge in [0.1, 0.15) is 0 Å². The number of nitrogens with two attached hydrogens (primary N) is 1. The second-order valence-electron chi connectivity index (χ2n) is 4.35. The Morgan fingerprint density at radius 1 is 1.21 bits per heavy atom. The van der Waals surface area contributed by atoms with Crippen LogP contribution >= 0.6 is 11.6 Å². The van der Waals surface area contributed by atoms with E-state index in [1.165, 1.54) is 0 Å². The molecule has 2 rings (SSSR count). The Hall–Kier alpha value is -2.00. The zero-order chi connectivity index (χ0) is 13.8. The zero-order valence-corrected chi connectivity index (χ0v) is 11.3. The van der Waals surface area contributed by atoms with Crippen LogP contribution in [0.15, 0.2) is 48.5 Å². The van der Waals surface area contributed by atoms with E-state index in [0.29, 0.717) is 16.3 Å². The summed E-state index contributed by atoms with van der Waals surface area (Å²) >= 11 is 6.00. The first-order chi connectivity index (χ1) is 9.08. The Bertz CT molecular complexity index is 584. The summed E-state index contributed by atoms with van der Waals surface area (Å²) in [6.45, 7) is 1.92. The average Bonchev–Trinajstić information content (AvgIpc) is 2.42. The fourth-order valence-electron chi connectivity index (χ4n) is 1.82. The van der Waals surface area contributed by atoms with Crippen molar-refractivity contribution in [2.24, 2.45) is 0 Å².